The molecular formula is C18H22N4O. The molecule has 0 spiro atoms. The lowest BCUT2D eigenvalue weighted by atomic mass is 10.0. The fourth-order valence-corrected chi connectivity index (χ4v) is 2.87. The van der Waals surface area contributed by atoms with E-state index in [1.165, 1.54) is 0 Å². The molecule has 0 unspecified atom stereocenters. The van der Waals surface area contributed by atoms with E-state index in [1.54, 1.807) is 0 Å². The molecule has 0 aromatic heterocycles. The van der Waals surface area contributed by atoms with Gasteiger partial charge < -0.3 is 10.2 Å². The first kappa shape index (κ1) is 17.0. The zero-order valence-corrected chi connectivity index (χ0v) is 13.2. The third-order valence-corrected chi connectivity index (χ3v) is 4.22. The van der Waals surface area contributed by atoms with Gasteiger partial charge in [-0.15, -0.1) is 0 Å². The molecule has 5 heteroatoms. The molecule has 120 valence electrons. The summed E-state index contributed by atoms with van der Waals surface area (Å²) >= 11 is 0. The molecule has 0 saturated carbocycles. The topological polar surface area (TPSA) is 79.9 Å². The van der Waals surface area contributed by atoms with Crippen LogP contribution in [0.2, 0.25) is 0 Å². The van der Waals surface area contributed by atoms with Gasteiger partial charge in [-0.1, -0.05) is 18.2 Å². The van der Waals surface area contributed by atoms with Gasteiger partial charge in [0, 0.05) is 37.7 Å². The summed E-state index contributed by atoms with van der Waals surface area (Å²) in [7, 11) is 0. The second-order valence-corrected chi connectivity index (χ2v) is 5.94. The molecule has 1 saturated heterocycles. The highest BCUT2D eigenvalue weighted by Gasteiger charge is 2.23. The van der Waals surface area contributed by atoms with Gasteiger partial charge in [0.25, 0.3) is 5.91 Å². The highest BCUT2D eigenvalue weighted by Crippen LogP contribution is 2.15. The summed E-state index contributed by atoms with van der Waals surface area (Å²) in [4.78, 5) is 14.4. The van der Waals surface area contributed by atoms with Crippen molar-refractivity contribution in [3.8, 4) is 12.1 Å². The molecule has 1 aliphatic rings. The molecule has 0 radical (unpaired) electrons. The highest BCUT2D eigenvalue weighted by molar-refractivity contribution is 5.94. The SMILES string of the molecule is N#CCC[C@@H](C#N)CN1CCC(NC(=O)c2ccccc2)CC1. The first-order valence-electron chi connectivity index (χ1n) is 8.07. The van der Waals surface area contributed by atoms with Gasteiger partial charge in [0.05, 0.1) is 18.1 Å². The number of carbonyl (C=O) groups excluding carboxylic acids is 1. The number of piperidine rings is 1. The van der Waals surface area contributed by atoms with Crippen molar-refractivity contribution < 1.29 is 4.79 Å². The van der Waals surface area contributed by atoms with Crippen LogP contribution in [0, 0.1) is 28.6 Å². The zero-order valence-electron chi connectivity index (χ0n) is 13.2. The summed E-state index contributed by atoms with van der Waals surface area (Å²) in [5, 5.41) is 20.8. The predicted octanol–water partition coefficient (Wildman–Crippen LogP) is 2.32. The van der Waals surface area contributed by atoms with Gasteiger partial charge >= 0.3 is 0 Å². The van der Waals surface area contributed by atoms with Crippen LogP contribution in [0.15, 0.2) is 30.3 Å². The first-order chi connectivity index (χ1) is 11.2. The van der Waals surface area contributed by atoms with E-state index in [-0.39, 0.29) is 17.9 Å². The highest BCUT2D eigenvalue weighted by atomic mass is 16.1. The Hall–Kier alpha value is -2.37. The van der Waals surface area contributed by atoms with Crippen molar-refractivity contribution >= 4 is 5.91 Å². The van der Waals surface area contributed by atoms with Gasteiger partial charge in [-0.25, -0.2) is 0 Å². The van der Waals surface area contributed by atoms with Crippen LogP contribution in [0.25, 0.3) is 0 Å². The Balaban J connectivity index is 1.75. The fraction of sp³-hybridized carbons (Fsp3) is 0.500. The maximum absolute atomic E-state index is 12.1. The summed E-state index contributed by atoms with van der Waals surface area (Å²) < 4.78 is 0. The summed E-state index contributed by atoms with van der Waals surface area (Å²) in [5.74, 6) is -0.0990. The van der Waals surface area contributed by atoms with E-state index in [2.05, 4.69) is 22.4 Å². The second kappa shape index (κ2) is 8.92. The smallest absolute Gasteiger partial charge is 0.251 e. The average molecular weight is 310 g/mol. The van der Waals surface area contributed by atoms with Crippen molar-refractivity contribution in [3.05, 3.63) is 35.9 Å². The van der Waals surface area contributed by atoms with Crippen molar-refractivity contribution in [1.82, 2.24) is 10.2 Å². The lowest BCUT2D eigenvalue weighted by Gasteiger charge is -2.33. The molecule has 5 nitrogen and oxygen atoms in total. The molecule has 1 aliphatic heterocycles. The van der Waals surface area contributed by atoms with E-state index in [1.807, 2.05) is 30.3 Å². The normalized spacial score (nSPS) is 17.0. The lowest BCUT2D eigenvalue weighted by molar-refractivity contribution is 0.0908. The molecule has 2 rings (SSSR count). The number of amides is 1. The molecule has 1 amide bonds. The molecular weight excluding hydrogens is 288 g/mol. The van der Waals surface area contributed by atoms with Crippen molar-refractivity contribution in [3.63, 3.8) is 0 Å². The van der Waals surface area contributed by atoms with Crippen LogP contribution in [0.3, 0.4) is 0 Å². The molecule has 1 aromatic rings. The van der Waals surface area contributed by atoms with Gasteiger partial charge in [0.2, 0.25) is 0 Å². The van der Waals surface area contributed by atoms with E-state index >= 15 is 0 Å². The number of benzene rings is 1. The summed E-state index contributed by atoms with van der Waals surface area (Å²) in [6.45, 7) is 2.48. The Morgan fingerprint density at radius 1 is 1.26 bits per heavy atom. The quantitative estimate of drug-likeness (QED) is 0.874. The van der Waals surface area contributed by atoms with Crippen molar-refractivity contribution in [2.45, 2.75) is 31.7 Å². The van der Waals surface area contributed by atoms with E-state index < -0.39 is 0 Å². The molecule has 23 heavy (non-hydrogen) atoms. The Kier molecular flexibility index (Phi) is 6.59. The molecule has 0 aliphatic carbocycles. The molecule has 1 fully saturated rings. The maximum Gasteiger partial charge on any atom is 0.251 e. The lowest BCUT2D eigenvalue weighted by Crippen LogP contribution is -2.45. The Morgan fingerprint density at radius 2 is 1.96 bits per heavy atom. The number of likely N-dealkylation sites (tertiary alicyclic amines) is 1. The largest absolute Gasteiger partial charge is 0.349 e. The predicted molar refractivity (Wildman–Crippen MR) is 87.3 cm³/mol. The van der Waals surface area contributed by atoms with Crippen molar-refractivity contribution in [1.29, 1.82) is 10.5 Å². The van der Waals surface area contributed by atoms with Crippen LogP contribution in [0.4, 0.5) is 0 Å². The number of hydrogen-bond acceptors (Lipinski definition) is 4. The van der Waals surface area contributed by atoms with E-state index in [0.717, 1.165) is 32.5 Å². The van der Waals surface area contributed by atoms with Crippen LogP contribution < -0.4 is 5.32 Å². The molecule has 0 bridgehead atoms. The van der Waals surface area contributed by atoms with Crippen LogP contribution in [-0.2, 0) is 0 Å². The Bertz CT molecular complexity index is 579. The minimum atomic E-state index is -0.0786. The monoisotopic (exact) mass is 310 g/mol. The molecule has 1 N–H and O–H groups in total. The minimum absolute atomic E-state index is 0.0204. The van der Waals surface area contributed by atoms with Gasteiger partial charge in [-0.3, -0.25) is 4.79 Å². The van der Waals surface area contributed by atoms with Crippen molar-refractivity contribution in [2.75, 3.05) is 19.6 Å². The maximum atomic E-state index is 12.1. The number of nitrogens with one attached hydrogen (secondary N) is 1. The number of nitrogens with zero attached hydrogens (tertiary/aromatic N) is 3. The summed E-state index contributed by atoms with van der Waals surface area (Å²) in [5.41, 5.74) is 0.691. The summed E-state index contributed by atoms with van der Waals surface area (Å²) in [6, 6.07) is 13.8. The fourth-order valence-electron chi connectivity index (χ4n) is 2.87. The average Bonchev–Trinajstić information content (AvgIpc) is 2.60. The molecule has 1 aromatic carbocycles. The third kappa shape index (κ3) is 5.39. The standard InChI is InChI=1S/C18H22N4O/c19-10-4-5-15(13-20)14-22-11-8-17(9-12-22)21-18(23)16-6-2-1-3-7-16/h1-3,6-7,15,17H,4-5,8-9,11-12,14H2,(H,21,23)/t15-/m0/s1. The van der Waals surface area contributed by atoms with Gasteiger partial charge in [-0.2, -0.15) is 10.5 Å². The van der Waals surface area contributed by atoms with Crippen LogP contribution >= 0.6 is 0 Å². The minimum Gasteiger partial charge on any atom is -0.349 e. The number of rotatable bonds is 6. The van der Waals surface area contributed by atoms with Crippen LogP contribution in [0.1, 0.15) is 36.0 Å². The number of nitriles is 2. The molecule has 1 atom stereocenters. The Morgan fingerprint density at radius 3 is 2.57 bits per heavy atom. The Labute approximate surface area is 137 Å². The summed E-state index contributed by atoms with van der Waals surface area (Å²) in [6.07, 6.45) is 2.86. The van der Waals surface area contributed by atoms with Crippen LogP contribution in [0.5, 0.6) is 0 Å². The van der Waals surface area contributed by atoms with Gasteiger partial charge in [-0.05, 0) is 31.4 Å². The van der Waals surface area contributed by atoms with E-state index in [9.17, 15) is 4.79 Å². The van der Waals surface area contributed by atoms with Crippen molar-refractivity contribution in [2.24, 2.45) is 5.92 Å². The van der Waals surface area contributed by atoms with Gasteiger partial charge in [0.15, 0.2) is 0 Å². The zero-order chi connectivity index (χ0) is 16.5. The van der Waals surface area contributed by atoms with E-state index in [0.29, 0.717) is 18.4 Å². The number of carbonyl (C=O) groups is 1. The number of hydrogen-bond donors (Lipinski definition) is 1. The second-order valence-electron chi connectivity index (χ2n) is 5.94. The van der Waals surface area contributed by atoms with Gasteiger partial charge in [0.1, 0.15) is 0 Å². The molecule has 1 heterocycles. The van der Waals surface area contributed by atoms with E-state index in [4.69, 9.17) is 10.5 Å². The van der Waals surface area contributed by atoms with Crippen LogP contribution in [-0.4, -0.2) is 36.5 Å². The third-order valence-electron chi connectivity index (χ3n) is 4.22. The first-order valence-corrected chi connectivity index (χ1v) is 8.07.